The van der Waals surface area contributed by atoms with Crippen LogP contribution < -0.4 is 15.4 Å². The third kappa shape index (κ3) is 7.44. The minimum atomic E-state index is -4.65. The molecule has 1 aliphatic carbocycles. The van der Waals surface area contributed by atoms with Crippen LogP contribution in [-0.2, 0) is 9.59 Å². The Bertz CT molecular complexity index is 1360. The summed E-state index contributed by atoms with van der Waals surface area (Å²) < 4.78 is 47.0. The second-order valence-electron chi connectivity index (χ2n) is 8.56. The number of hydrogen-bond donors (Lipinski definition) is 2. The number of allylic oxidation sites excluding steroid dienone is 2. The third-order valence-electron chi connectivity index (χ3n) is 5.23. The van der Waals surface area contributed by atoms with Crippen LogP contribution in [0.15, 0.2) is 65.9 Å². The normalized spacial score (nSPS) is 14.0. The molecule has 1 saturated carbocycles. The maximum atomic E-state index is 13.2. The first-order valence-electron chi connectivity index (χ1n) is 12.3. The van der Waals surface area contributed by atoms with E-state index in [1.54, 1.807) is 30.5 Å². The van der Waals surface area contributed by atoms with E-state index in [9.17, 15) is 22.8 Å². The lowest BCUT2D eigenvalue weighted by Crippen LogP contribution is -2.23. The second-order valence-corrected chi connectivity index (χ2v) is 8.56. The van der Waals surface area contributed by atoms with Gasteiger partial charge in [0.2, 0.25) is 11.9 Å². The zero-order valence-corrected chi connectivity index (χ0v) is 21.6. The predicted molar refractivity (Wildman–Crippen MR) is 139 cm³/mol. The number of benzene rings is 1. The van der Waals surface area contributed by atoms with Gasteiger partial charge < -0.3 is 10.1 Å². The summed E-state index contributed by atoms with van der Waals surface area (Å²) in [6, 6.07) is 9.57. The summed E-state index contributed by atoms with van der Waals surface area (Å²) in [7, 11) is 0. The first-order valence-corrected chi connectivity index (χ1v) is 12.3. The highest BCUT2D eigenvalue weighted by molar-refractivity contribution is 6.07. The number of carbonyl (C=O) groups excluding carboxylic acids is 2. The molecule has 0 saturated heterocycles. The molecule has 0 bridgehead atoms. The summed E-state index contributed by atoms with van der Waals surface area (Å²) in [5.74, 6) is -0.0332. The van der Waals surface area contributed by atoms with Gasteiger partial charge in [0.25, 0.3) is 5.91 Å². The number of nitrogens with one attached hydrogen (secondary N) is 2. The number of amides is 2. The first-order chi connectivity index (χ1) is 18.1. The molecule has 0 atom stereocenters. The number of pyridine rings is 1. The van der Waals surface area contributed by atoms with Crippen LogP contribution in [0.2, 0.25) is 0 Å². The fourth-order valence-corrected chi connectivity index (χ4v) is 3.39. The van der Waals surface area contributed by atoms with Gasteiger partial charge in [0.15, 0.2) is 5.65 Å². The van der Waals surface area contributed by atoms with E-state index in [4.69, 9.17) is 4.74 Å². The molecule has 202 valence electrons. The first kappa shape index (κ1) is 28.4. The number of nitrogens with zero attached hydrogens (tertiary/aromatic N) is 3. The molecule has 0 unspecified atom stereocenters. The topological polar surface area (TPSA) is 97.6 Å². The van der Waals surface area contributed by atoms with E-state index < -0.39 is 23.2 Å². The molecule has 2 N–H and O–H groups in total. The number of ether oxygens (including phenoxy) is 1. The average Bonchev–Trinajstić information content (AvgIpc) is 3.63. The van der Waals surface area contributed by atoms with Crippen LogP contribution in [-0.4, -0.2) is 32.6 Å². The Labute approximate surface area is 218 Å². The van der Waals surface area contributed by atoms with Crippen molar-refractivity contribution in [3.63, 3.8) is 0 Å². The number of hydrogen-bond acceptors (Lipinski definition) is 5. The van der Waals surface area contributed by atoms with Crippen molar-refractivity contribution < 1.29 is 27.5 Å². The van der Waals surface area contributed by atoms with Gasteiger partial charge in [0.05, 0.1) is 11.8 Å². The Morgan fingerprint density at radius 1 is 1.08 bits per heavy atom. The van der Waals surface area contributed by atoms with E-state index in [-0.39, 0.29) is 23.5 Å². The summed E-state index contributed by atoms with van der Waals surface area (Å²) in [5, 5.41) is 9.39. The Balaban J connectivity index is 0.00000127. The molecule has 2 heterocycles. The van der Waals surface area contributed by atoms with Gasteiger partial charge in [-0.15, -0.1) is 5.10 Å². The number of aromatic nitrogens is 3. The van der Waals surface area contributed by atoms with Crippen LogP contribution in [0.4, 0.5) is 24.8 Å². The van der Waals surface area contributed by atoms with E-state index in [0.29, 0.717) is 17.1 Å². The fourth-order valence-electron chi connectivity index (χ4n) is 3.39. The van der Waals surface area contributed by atoms with Crippen LogP contribution >= 0.6 is 0 Å². The number of alkyl halides is 3. The van der Waals surface area contributed by atoms with Crippen molar-refractivity contribution in [3.05, 3.63) is 65.9 Å². The van der Waals surface area contributed by atoms with E-state index in [1.807, 2.05) is 0 Å². The molecule has 8 nitrogen and oxygen atoms in total. The van der Waals surface area contributed by atoms with E-state index in [1.165, 1.54) is 36.9 Å². The minimum Gasteiger partial charge on any atom is -0.456 e. The Kier molecular flexibility index (Phi) is 9.27. The smallest absolute Gasteiger partial charge is 0.416 e. The van der Waals surface area contributed by atoms with Crippen molar-refractivity contribution >= 4 is 29.1 Å². The highest BCUT2D eigenvalue weighted by Crippen LogP contribution is 2.32. The fraction of sp³-hybridized carbons (Fsp3) is 0.333. The largest absolute Gasteiger partial charge is 0.456 e. The predicted octanol–water partition coefficient (Wildman–Crippen LogP) is 6.68. The molecule has 0 spiro atoms. The lowest BCUT2D eigenvalue weighted by atomic mass is 10.0. The summed E-state index contributed by atoms with van der Waals surface area (Å²) >= 11 is 0. The third-order valence-corrected chi connectivity index (χ3v) is 5.23. The lowest BCUT2D eigenvalue weighted by molar-refractivity contribution is -0.117. The van der Waals surface area contributed by atoms with E-state index in [2.05, 4.69) is 34.6 Å². The molecule has 1 aromatic carbocycles. The van der Waals surface area contributed by atoms with Crippen molar-refractivity contribution in [3.8, 4) is 11.5 Å². The molecular weight excluding hydrogens is 499 g/mol. The molecule has 3 aromatic rings. The molecule has 1 fully saturated rings. The molecule has 11 heteroatoms. The van der Waals surface area contributed by atoms with Crippen LogP contribution in [0.25, 0.3) is 5.65 Å². The van der Waals surface area contributed by atoms with Crippen molar-refractivity contribution in [1.82, 2.24) is 14.6 Å². The van der Waals surface area contributed by atoms with Gasteiger partial charge >= 0.3 is 6.18 Å². The monoisotopic (exact) mass is 529 g/mol. The summed E-state index contributed by atoms with van der Waals surface area (Å²) in [4.78, 5) is 28.7. The van der Waals surface area contributed by atoms with Gasteiger partial charge in [0, 0.05) is 23.2 Å². The van der Waals surface area contributed by atoms with Crippen molar-refractivity contribution in [1.29, 1.82) is 0 Å². The zero-order chi connectivity index (χ0) is 27.9. The quantitative estimate of drug-likeness (QED) is 0.263. The Hall–Kier alpha value is -4.15. The molecule has 4 rings (SSSR count). The zero-order valence-electron chi connectivity index (χ0n) is 21.6. The van der Waals surface area contributed by atoms with Crippen molar-refractivity contribution in [2.75, 3.05) is 10.6 Å². The highest BCUT2D eigenvalue weighted by atomic mass is 19.4. The lowest BCUT2D eigenvalue weighted by Gasteiger charge is -2.15. The SMILES string of the molecule is C/C=C(C(=O)Nc1cccc(Oc2ccc3nc(NC(=O)C4CC4)nn3c2)c1)\C(=C/C)C(F)(F)F.CCC. The van der Waals surface area contributed by atoms with E-state index >= 15 is 0 Å². The summed E-state index contributed by atoms with van der Waals surface area (Å²) in [6.45, 7) is 6.84. The van der Waals surface area contributed by atoms with Crippen LogP contribution in [0, 0.1) is 5.92 Å². The van der Waals surface area contributed by atoms with Crippen molar-refractivity contribution in [2.24, 2.45) is 5.92 Å². The number of halogens is 3. The van der Waals surface area contributed by atoms with Crippen LogP contribution in [0.1, 0.15) is 47.0 Å². The molecule has 0 aliphatic heterocycles. The Morgan fingerprint density at radius 3 is 2.39 bits per heavy atom. The highest BCUT2D eigenvalue weighted by Gasteiger charge is 2.37. The standard InChI is InChI=1S/C24H22F3N5O3.C3H8/c1-3-18(19(4-2)24(25,26)27)22(34)28-15-6-5-7-16(12-15)35-17-10-11-20-29-23(31-32(20)13-17)30-21(33)14-8-9-14;1-3-2/h3-7,10-14H,8-9H2,1-2H3,(H,28,34)(H,30,31,33);3H2,1-2H3/b18-3+,19-4+;. The van der Waals surface area contributed by atoms with Gasteiger partial charge in [0.1, 0.15) is 11.5 Å². The molecule has 38 heavy (non-hydrogen) atoms. The molecule has 2 aromatic heterocycles. The number of rotatable bonds is 7. The van der Waals surface area contributed by atoms with Crippen molar-refractivity contribution in [2.45, 2.75) is 53.1 Å². The Morgan fingerprint density at radius 2 is 1.79 bits per heavy atom. The average molecular weight is 530 g/mol. The summed E-state index contributed by atoms with van der Waals surface area (Å²) in [5.41, 5.74) is -0.726. The maximum absolute atomic E-state index is 13.2. The second kappa shape index (κ2) is 12.4. The molecular formula is C27H30F3N5O3. The van der Waals surface area contributed by atoms with Gasteiger partial charge in [-0.1, -0.05) is 38.5 Å². The van der Waals surface area contributed by atoms with Crippen LogP contribution in [0.5, 0.6) is 11.5 Å². The molecule has 2 amide bonds. The minimum absolute atomic E-state index is 0.0233. The number of fused-ring (bicyclic) bond motifs is 1. The van der Waals surface area contributed by atoms with Gasteiger partial charge in [-0.3, -0.25) is 14.9 Å². The molecule has 0 radical (unpaired) electrons. The number of anilines is 2. The van der Waals surface area contributed by atoms with Gasteiger partial charge in [-0.2, -0.15) is 18.2 Å². The van der Waals surface area contributed by atoms with Crippen LogP contribution in [0.3, 0.4) is 0 Å². The van der Waals surface area contributed by atoms with E-state index in [0.717, 1.165) is 25.0 Å². The van der Waals surface area contributed by atoms with Gasteiger partial charge in [-0.25, -0.2) is 4.52 Å². The number of carbonyl (C=O) groups is 2. The molecule has 1 aliphatic rings. The summed E-state index contributed by atoms with van der Waals surface area (Å²) in [6.07, 6.45) is 1.88. The maximum Gasteiger partial charge on any atom is 0.416 e. The van der Waals surface area contributed by atoms with Gasteiger partial charge in [-0.05, 0) is 51.0 Å².